The molecule has 0 unspecified atom stereocenters. The molecule has 0 spiro atoms. The molecule has 3 rings (SSSR count). The van der Waals surface area contributed by atoms with Gasteiger partial charge in [0.05, 0.1) is 11.3 Å². The summed E-state index contributed by atoms with van der Waals surface area (Å²) in [6.07, 6.45) is 0. The summed E-state index contributed by atoms with van der Waals surface area (Å²) in [5.41, 5.74) is 3.06. The van der Waals surface area contributed by atoms with Gasteiger partial charge in [-0.2, -0.15) is 0 Å². The van der Waals surface area contributed by atoms with Crippen molar-refractivity contribution in [2.75, 3.05) is 5.75 Å². The smallest absolute Gasteiger partial charge is 0.230 e. The van der Waals surface area contributed by atoms with Crippen LogP contribution in [0.15, 0.2) is 53.6 Å². The van der Waals surface area contributed by atoms with Gasteiger partial charge in [-0.25, -0.2) is 9.97 Å². The first-order valence-electron chi connectivity index (χ1n) is 8.29. The predicted octanol–water partition coefficient (Wildman–Crippen LogP) is 4.22. The molecule has 0 saturated carbocycles. The second-order valence-corrected chi connectivity index (χ2v) is 7.21. The minimum Gasteiger partial charge on any atom is -0.353 e. The molecule has 5 heteroatoms. The Morgan fingerprint density at radius 3 is 2.52 bits per heavy atom. The number of hydrogen-bond donors (Lipinski definition) is 1. The number of para-hydroxylation sites is 1. The number of thioether (sulfide) groups is 1. The Balaban J connectivity index is 1.95. The molecule has 25 heavy (non-hydrogen) atoms. The minimum absolute atomic E-state index is 0.0135. The van der Waals surface area contributed by atoms with Gasteiger partial charge in [-0.15, -0.1) is 0 Å². The zero-order chi connectivity index (χ0) is 17.8. The van der Waals surface area contributed by atoms with Crippen LogP contribution in [0.5, 0.6) is 0 Å². The Bertz CT molecular complexity index is 891. The topological polar surface area (TPSA) is 54.9 Å². The maximum atomic E-state index is 12.0. The van der Waals surface area contributed by atoms with Crippen LogP contribution in [-0.4, -0.2) is 27.7 Å². The molecule has 0 radical (unpaired) electrons. The van der Waals surface area contributed by atoms with Crippen LogP contribution in [0.3, 0.4) is 0 Å². The number of benzene rings is 2. The first-order valence-corrected chi connectivity index (χ1v) is 9.27. The van der Waals surface area contributed by atoms with Crippen molar-refractivity contribution in [3.63, 3.8) is 0 Å². The third-order valence-electron chi connectivity index (χ3n) is 3.67. The molecule has 1 amide bonds. The molecule has 1 N–H and O–H groups in total. The van der Waals surface area contributed by atoms with Gasteiger partial charge in [0.2, 0.25) is 5.91 Å². The normalized spacial score (nSPS) is 11.0. The first kappa shape index (κ1) is 17.4. The Labute approximate surface area is 152 Å². The molecule has 2 aromatic carbocycles. The highest BCUT2D eigenvalue weighted by Gasteiger charge is 2.12. The molecule has 0 fully saturated rings. The van der Waals surface area contributed by atoms with E-state index in [0.717, 1.165) is 21.5 Å². The fraction of sp³-hybridized carbons (Fsp3) is 0.250. The Kier molecular flexibility index (Phi) is 5.34. The number of aryl methyl sites for hydroxylation is 1. The van der Waals surface area contributed by atoms with E-state index in [1.54, 1.807) is 0 Å². The number of fused-ring (bicyclic) bond motifs is 1. The average Bonchev–Trinajstić information content (AvgIpc) is 2.59. The number of hydrogen-bond acceptors (Lipinski definition) is 4. The fourth-order valence-electron chi connectivity index (χ4n) is 2.49. The molecular weight excluding hydrogens is 330 g/mol. The van der Waals surface area contributed by atoms with Gasteiger partial charge >= 0.3 is 0 Å². The highest BCUT2D eigenvalue weighted by molar-refractivity contribution is 8.00. The Morgan fingerprint density at radius 2 is 1.80 bits per heavy atom. The van der Waals surface area contributed by atoms with Crippen molar-refractivity contribution in [1.82, 2.24) is 15.3 Å². The van der Waals surface area contributed by atoms with Crippen LogP contribution in [0.1, 0.15) is 19.4 Å². The second kappa shape index (κ2) is 7.66. The maximum Gasteiger partial charge on any atom is 0.230 e. The summed E-state index contributed by atoms with van der Waals surface area (Å²) in [5.74, 6) is 1.04. The van der Waals surface area contributed by atoms with E-state index < -0.39 is 0 Å². The van der Waals surface area contributed by atoms with Crippen molar-refractivity contribution in [2.24, 2.45) is 0 Å². The lowest BCUT2D eigenvalue weighted by molar-refractivity contribution is -0.119. The summed E-state index contributed by atoms with van der Waals surface area (Å²) < 4.78 is 0. The third-order valence-corrected chi connectivity index (χ3v) is 4.66. The van der Waals surface area contributed by atoms with E-state index in [-0.39, 0.29) is 11.9 Å². The summed E-state index contributed by atoms with van der Waals surface area (Å²) in [6, 6.07) is 16.2. The number of nitrogens with one attached hydrogen (secondary N) is 1. The van der Waals surface area contributed by atoms with E-state index in [2.05, 4.69) is 29.4 Å². The van der Waals surface area contributed by atoms with Crippen molar-refractivity contribution in [3.8, 4) is 11.4 Å². The van der Waals surface area contributed by atoms with E-state index in [1.807, 2.05) is 50.2 Å². The van der Waals surface area contributed by atoms with Gasteiger partial charge < -0.3 is 5.32 Å². The zero-order valence-corrected chi connectivity index (χ0v) is 15.4. The van der Waals surface area contributed by atoms with Gasteiger partial charge in [-0.3, -0.25) is 4.79 Å². The molecule has 0 aliphatic rings. The average molecular weight is 351 g/mol. The standard InChI is InChI=1S/C20H21N3OS/c1-13(2)21-18(24)12-25-20-16-6-4-5-7-17(16)22-19(23-20)15-10-8-14(3)9-11-15/h4-11,13H,12H2,1-3H3,(H,21,24). The molecule has 0 aliphatic carbocycles. The van der Waals surface area contributed by atoms with E-state index >= 15 is 0 Å². The summed E-state index contributed by atoms with van der Waals surface area (Å²) in [7, 11) is 0. The summed E-state index contributed by atoms with van der Waals surface area (Å²) in [6.45, 7) is 5.97. The molecule has 0 atom stereocenters. The maximum absolute atomic E-state index is 12.0. The molecule has 0 saturated heterocycles. The number of carbonyl (C=O) groups excluding carboxylic acids is 1. The molecule has 0 bridgehead atoms. The summed E-state index contributed by atoms with van der Waals surface area (Å²) in [4.78, 5) is 21.4. The van der Waals surface area contributed by atoms with Crippen molar-refractivity contribution in [2.45, 2.75) is 31.8 Å². The molecule has 128 valence electrons. The number of amides is 1. The van der Waals surface area contributed by atoms with Gasteiger partial charge in [-0.05, 0) is 26.8 Å². The van der Waals surface area contributed by atoms with Gasteiger partial charge in [0.25, 0.3) is 0 Å². The van der Waals surface area contributed by atoms with Gasteiger partial charge in [-0.1, -0.05) is 59.8 Å². The highest BCUT2D eigenvalue weighted by atomic mass is 32.2. The molecular formula is C20H21N3OS. The van der Waals surface area contributed by atoms with Crippen molar-refractivity contribution in [3.05, 3.63) is 54.1 Å². The van der Waals surface area contributed by atoms with Crippen LogP contribution >= 0.6 is 11.8 Å². The predicted molar refractivity (Wildman–Crippen MR) is 104 cm³/mol. The third kappa shape index (κ3) is 4.37. The first-order chi connectivity index (χ1) is 12.0. The minimum atomic E-state index is 0.0135. The lowest BCUT2D eigenvalue weighted by atomic mass is 10.1. The highest BCUT2D eigenvalue weighted by Crippen LogP contribution is 2.28. The van der Waals surface area contributed by atoms with Crippen molar-refractivity contribution in [1.29, 1.82) is 0 Å². The number of rotatable bonds is 5. The van der Waals surface area contributed by atoms with Gasteiger partial charge in [0.1, 0.15) is 5.03 Å². The monoisotopic (exact) mass is 351 g/mol. The van der Waals surface area contributed by atoms with E-state index in [4.69, 9.17) is 4.98 Å². The number of nitrogens with zero attached hydrogens (tertiary/aromatic N) is 2. The molecule has 3 aromatic rings. The lowest BCUT2D eigenvalue weighted by Gasteiger charge is -2.10. The van der Waals surface area contributed by atoms with Crippen LogP contribution in [0.2, 0.25) is 0 Å². The van der Waals surface area contributed by atoms with E-state index in [0.29, 0.717) is 11.6 Å². The lowest BCUT2D eigenvalue weighted by Crippen LogP contribution is -2.31. The SMILES string of the molecule is Cc1ccc(-c2nc(SCC(=O)NC(C)C)c3ccccc3n2)cc1. The Morgan fingerprint density at radius 1 is 1.08 bits per heavy atom. The quantitative estimate of drug-likeness (QED) is 0.552. The molecule has 4 nitrogen and oxygen atoms in total. The largest absolute Gasteiger partial charge is 0.353 e. The van der Waals surface area contributed by atoms with Gasteiger partial charge in [0.15, 0.2) is 5.82 Å². The van der Waals surface area contributed by atoms with Crippen molar-refractivity contribution >= 4 is 28.6 Å². The second-order valence-electron chi connectivity index (χ2n) is 6.25. The van der Waals surface area contributed by atoms with E-state index in [1.165, 1.54) is 17.3 Å². The Hall–Kier alpha value is -2.40. The number of aromatic nitrogens is 2. The van der Waals surface area contributed by atoms with Crippen LogP contribution in [0.4, 0.5) is 0 Å². The molecule has 0 aliphatic heterocycles. The van der Waals surface area contributed by atoms with Crippen LogP contribution in [0, 0.1) is 6.92 Å². The van der Waals surface area contributed by atoms with Crippen LogP contribution in [-0.2, 0) is 4.79 Å². The van der Waals surface area contributed by atoms with E-state index in [9.17, 15) is 4.79 Å². The van der Waals surface area contributed by atoms with Crippen LogP contribution < -0.4 is 5.32 Å². The zero-order valence-electron chi connectivity index (χ0n) is 14.6. The van der Waals surface area contributed by atoms with Crippen molar-refractivity contribution < 1.29 is 4.79 Å². The molecule has 1 aromatic heterocycles. The summed E-state index contributed by atoms with van der Waals surface area (Å²) >= 11 is 1.45. The fourth-order valence-corrected chi connectivity index (χ4v) is 3.32. The summed E-state index contributed by atoms with van der Waals surface area (Å²) in [5, 5.41) is 4.72. The van der Waals surface area contributed by atoms with Crippen LogP contribution in [0.25, 0.3) is 22.3 Å². The molecule has 1 heterocycles. The van der Waals surface area contributed by atoms with Gasteiger partial charge in [0, 0.05) is 17.0 Å². The number of carbonyl (C=O) groups is 1.